The van der Waals surface area contributed by atoms with Crippen LogP contribution in [-0.4, -0.2) is 81.5 Å². The topological polar surface area (TPSA) is 125 Å². The third-order valence-electron chi connectivity index (χ3n) is 12.6. The summed E-state index contributed by atoms with van der Waals surface area (Å²) in [7, 11) is -2.31. The number of sulfonamides is 1. The smallest absolute Gasteiger partial charge is 0.270 e. The molecule has 3 aliphatic carbocycles. The Labute approximate surface area is 299 Å². The van der Waals surface area contributed by atoms with Crippen molar-refractivity contribution in [1.29, 1.82) is 0 Å². The molecule has 2 aromatic carbocycles. The molecule has 2 saturated carbocycles. The minimum atomic E-state index is -3.99. The van der Waals surface area contributed by atoms with E-state index in [-0.39, 0.29) is 17.1 Å². The number of carbonyl (C=O) groups is 2. The first kappa shape index (κ1) is 34.2. The number of carbonyl (C=O) groups excluding carboxylic acids is 2. The van der Waals surface area contributed by atoms with Gasteiger partial charge in [-0.2, -0.15) is 0 Å². The van der Waals surface area contributed by atoms with Crippen LogP contribution in [0.3, 0.4) is 0 Å². The number of halogens is 1. The average molecular weight is 726 g/mol. The average Bonchev–Trinajstić information content (AvgIpc) is 3.95. The second-order valence-electron chi connectivity index (χ2n) is 15.9. The van der Waals surface area contributed by atoms with Crippen LogP contribution in [0.25, 0.3) is 0 Å². The van der Waals surface area contributed by atoms with Crippen LogP contribution in [0.2, 0.25) is 5.02 Å². The van der Waals surface area contributed by atoms with Crippen molar-refractivity contribution in [2.24, 2.45) is 17.8 Å². The third-order valence-corrected chi connectivity index (χ3v) is 14.7. The number of benzene rings is 2. The molecular formula is C38H48ClN3O7S. The van der Waals surface area contributed by atoms with Crippen LogP contribution in [0.4, 0.5) is 5.69 Å². The molecule has 3 aliphatic heterocycles. The number of amides is 2. The third kappa shape index (κ3) is 6.30. The molecule has 12 heteroatoms. The number of nitrogens with one attached hydrogen (secondary N) is 1. The normalized spacial score (nSPS) is 33.0. The zero-order valence-electron chi connectivity index (χ0n) is 28.7. The molecule has 2 aromatic rings. The Kier molecular flexibility index (Phi) is 8.88. The maximum atomic E-state index is 14.0. The first-order chi connectivity index (χ1) is 23.9. The Bertz CT molecular complexity index is 1790. The van der Waals surface area contributed by atoms with Crippen molar-refractivity contribution in [3.8, 4) is 5.75 Å². The summed E-state index contributed by atoms with van der Waals surface area (Å²) in [6.45, 7) is 3.06. The Morgan fingerprint density at radius 2 is 1.92 bits per heavy atom. The van der Waals surface area contributed by atoms with Gasteiger partial charge >= 0.3 is 0 Å². The van der Waals surface area contributed by atoms with E-state index in [2.05, 4.69) is 21.8 Å². The Balaban J connectivity index is 1.23. The van der Waals surface area contributed by atoms with Gasteiger partial charge in [0, 0.05) is 43.7 Å². The van der Waals surface area contributed by atoms with Crippen LogP contribution < -0.4 is 14.4 Å². The van der Waals surface area contributed by atoms with Gasteiger partial charge in [0.15, 0.2) is 5.60 Å². The van der Waals surface area contributed by atoms with Gasteiger partial charge in [0.25, 0.3) is 5.91 Å². The van der Waals surface area contributed by atoms with Crippen LogP contribution in [-0.2, 0) is 41.8 Å². The van der Waals surface area contributed by atoms with Crippen molar-refractivity contribution >= 4 is 39.1 Å². The van der Waals surface area contributed by atoms with E-state index in [9.17, 15) is 23.1 Å². The van der Waals surface area contributed by atoms with E-state index in [1.54, 1.807) is 30.1 Å². The fourth-order valence-electron chi connectivity index (χ4n) is 9.27. The minimum absolute atomic E-state index is 0.166. The van der Waals surface area contributed by atoms with Crippen molar-refractivity contribution in [3.05, 3.63) is 58.1 Å². The highest BCUT2D eigenvalue weighted by Crippen LogP contribution is 2.49. The molecule has 1 saturated heterocycles. The predicted molar refractivity (Wildman–Crippen MR) is 190 cm³/mol. The van der Waals surface area contributed by atoms with Gasteiger partial charge in [-0.15, -0.1) is 0 Å². The Morgan fingerprint density at radius 3 is 2.70 bits per heavy atom. The van der Waals surface area contributed by atoms with E-state index >= 15 is 0 Å². The molecule has 0 radical (unpaired) electrons. The van der Waals surface area contributed by atoms with Gasteiger partial charge in [0.2, 0.25) is 15.9 Å². The zero-order chi connectivity index (χ0) is 34.8. The van der Waals surface area contributed by atoms with E-state index in [0.717, 1.165) is 68.6 Å². The van der Waals surface area contributed by atoms with E-state index < -0.39 is 39.1 Å². The summed E-state index contributed by atoms with van der Waals surface area (Å²) < 4.78 is 41.2. The highest BCUT2D eigenvalue weighted by atomic mass is 35.5. The summed E-state index contributed by atoms with van der Waals surface area (Å²) in [5, 5.41) is 12.4. The minimum Gasteiger partial charge on any atom is -0.490 e. The van der Waals surface area contributed by atoms with Crippen LogP contribution in [0.1, 0.15) is 80.9 Å². The standard InChI is InChI=1S/C38H48ClN3O7S/c1-41-15-12-24-13-16-48-34(17-24)30-9-4-26(30)21-42-22-37(14-2-3-25-18-28(39)6-10-31(25)37)23-49-33-11-5-27(19-32(33)42)38(45,20-35(41)43)36(44)40-50(46,47)29-7-8-29/h5-6,10-11,18-19,24,26,29-30,34,45H,2-4,7-9,12-17,20-23H2,1H3,(H,40,44)/t24-,26-,30+,34-,37-,38+/m0/s1. The fraction of sp³-hybridized carbons (Fsp3) is 0.632. The monoisotopic (exact) mass is 725 g/mol. The number of nitrogens with zero attached hydrogens (tertiary/aromatic N) is 2. The number of anilines is 1. The highest BCUT2D eigenvalue weighted by Gasteiger charge is 2.49. The summed E-state index contributed by atoms with van der Waals surface area (Å²) in [5.41, 5.74) is 0.645. The lowest BCUT2D eigenvalue weighted by atomic mass is 9.67. The fourth-order valence-corrected chi connectivity index (χ4v) is 10.8. The number of aryl methyl sites for hydroxylation is 1. The Hall–Kier alpha value is -2.86. The molecule has 3 fully saturated rings. The molecule has 6 atom stereocenters. The molecule has 50 heavy (non-hydrogen) atoms. The van der Waals surface area contributed by atoms with Crippen LogP contribution in [0, 0.1) is 17.8 Å². The van der Waals surface area contributed by atoms with Crippen molar-refractivity contribution < 1.29 is 32.6 Å². The molecule has 1 spiro atoms. The summed E-state index contributed by atoms with van der Waals surface area (Å²) in [6, 6.07) is 11.3. The number of aliphatic hydroxyl groups is 1. The summed E-state index contributed by atoms with van der Waals surface area (Å²) >= 11 is 6.46. The number of fused-ring (bicyclic) bond motifs is 7. The lowest BCUT2D eigenvalue weighted by molar-refractivity contribution is -0.148. The SMILES string of the molecule is CN1CC[C@H]2CCO[C@@H](C2)[C@@H]2CC[C@H]2CN2C[C@@]3(CCCc4cc(Cl)ccc43)COc3ccc(cc32)[C@@](O)(C(=O)NS(=O)(=O)C2CC2)CC1=O. The number of hydrogen-bond donors (Lipinski definition) is 2. The molecule has 2 N–H and O–H groups in total. The molecule has 0 unspecified atom stereocenters. The van der Waals surface area contributed by atoms with Crippen molar-refractivity contribution in [2.75, 3.05) is 44.8 Å². The predicted octanol–water partition coefficient (Wildman–Crippen LogP) is 4.68. The highest BCUT2D eigenvalue weighted by molar-refractivity contribution is 7.90. The van der Waals surface area contributed by atoms with Gasteiger partial charge in [-0.1, -0.05) is 23.7 Å². The van der Waals surface area contributed by atoms with Crippen molar-refractivity contribution in [3.63, 3.8) is 0 Å². The lowest BCUT2D eigenvalue weighted by Crippen LogP contribution is -2.51. The second kappa shape index (κ2) is 13.0. The first-order valence-corrected chi connectivity index (χ1v) is 20.3. The molecule has 8 rings (SSSR count). The lowest BCUT2D eigenvalue weighted by Gasteiger charge is -2.48. The van der Waals surface area contributed by atoms with Crippen LogP contribution in [0.15, 0.2) is 36.4 Å². The maximum Gasteiger partial charge on any atom is 0.270 e. The summed E-state index contributed by atoms with van der Waals surface area (Å²) in [5.74, 6) is 0.319. The van der Waals surface area contributed by atoms with Gasteiger partial charge in [-0.3, -0.25) is 14.3 Å². The molecule has 2 amide bonds. The van der Waals surface area contributed by atoms with Gasteiger partial charge < -0.3 is 24.4 Å². The molecule has 10 nitrogen and oxygen atoms in total. The molecule has 4 bridgehead atoms. The van der Waals surface area contributed by atoms with Crippen LogP contribution >= 0.6 is 11.6 Å². The van der Waals surface area contributed by atoms with Gasteiger partial charge in [0.1, 0.15) is 5.75 Å². The van der Waals surface area contributed by atoms with E-state index in [1.165, 1.54) is 11.1 Å². The molecular weight excluding hydrogens is 678 g/mol. The van der Waals surface area contributed by atoms with Gasteiger partial charge in [-0.25, -0.2) is 8.42 Å². The Morgan fingerprint density at radius 1 is 1.08 bits per heavy atom. The van der Waals surface area contributed by atoms with Gasteiger partial charge in [-0.05, 0) is 123 Å². The van der Waals surface area contributed by atoms with Crippen molar-refractivity contribution in [1.82, 2.24) is 9.62 Å². The molecule has 6 aliphatic rings. The number of rotatable bonds is 3. The number of ether oxygens (including phenoxy) is 2. The quantitative estimate of drug-likeness (QED) is 0.468. The number of hydrogen-bond acceptors (Lipinski definition) is 8. The maximum absolute atomic E-state index is 14.0. The van der Waals surface area contributed by atoms with Crippen molar-refractivity contribution in [2.45, 2.75) is 93.0 Å². The van der Waals surface area contributed by atoms with Gasteiger partial charge in [0.05, 0.1) is 30.1 Å². The zero-order valence-corrected chi connectivity index (χ0v) is 30.3. The van der Waals surface area contributed by atoms with E-state index in [0.29, 0.717) is 62.6 Å². The summed E-state index contributed by atoms with van der Waals surface area (Å²) in [4.78, 5) is 31.7. The van der Waals surface area contributed by atoms with E-state index in [1.807, 2.05) is 6.07 Å². The first-order valence-electron chi connectivity index (χ1n) is 18.4. The molecule has 270 valence electrons. The molecule has 0 aromatic heterocycles. The second-order valence-corrected chi connectivity index (χ2v) is 18.3. The molecule has 3 heterocycles. The van der Waals surface area contributed by atoms with E-state index in [4.69, 9.17) is 21.1 Å². The summed E-state index contributed by atoms with van der Waals surface area (Å²) in [6.07, 6.45) is 8.29. The van der Waals surface area contributed by atoms with Crippen LogP contribution in [0.5, 0.6) is 5.75 Å². The largest absolute Gasteiger partial charge is 0.490 e.